The van der Waals surface area contributed by atoms with Gasteiger partial charge in [0.25, 0.3) is 0 Å². The van der Waals surface area contributed by atoms with Gasteiger partial charge in [-0.3, -0.25) is 0 Å². The van der Waals surface area contributed by atoms with E-state index < -0.39 is 0 Å². The molecule has 0 bridgehead atoms. The standard InChI is InChI=1S/C12H13BrClN3/c1-15-10(7-11-16-5-6-17-11)8-3-2-4-9(13)12(8)14/h2-6,10,15H,7H2,1H3,(H,16,17). The van der Waals surface area contributed by atoms with Crippen LogP contribution in [0.4, 0.5) is 0 Å². The van der Waals surface area contributed by atoms with Crippen molar-refractivity contribution in [1.82, 2.24) is 15.3 Å². The number of likely N-dealkylation sites (N-methyl/N-ethyl adjacent to an activating group) is 1. The van der Waals surface area contributed by atoms with Gasteiger partial charge in [-0.25, -0.2) is 4.98 Å². The molecular weight excluding hydrogens is 302 g/mol. The van der Waals surface area contributed by atoms with Crippen LogP contribution in [0, 0.1) is 0 Å². The fraction of sp³-hybridized carbons (Fsp3) is 0.250. The lowest BCUT2D eigenvalue weighted by Crippen LogP contribution is -2.19. The number of aromatic nitrogens is 2. The van der Waals surface area contributed by atoms with Gasteiger partial charge in [-0.1, -0.05) is 23.7 Å². The van der Waals surface area contributed by atoms with E-state index in [0.717, 1.165) is 27.3 Å². The third-order valence-electron chi connectivity index (χ3n) is 2.66. The normalized spacial score (nSPS) is 12.6. The van der Waals surface area contributed by atoms with E-state index in [9.17, 15) is 0 Å². The Kier molecular flexibility index (Phi) is 4.20. The molecule has 1 unspecified atom stereocenters. The summed E-state index contributed by atoms with van der Waals surface area (Å²) in [5, 5.41) is 4.01. The minimum Gasteiger partial charge on any atom is -0.349 e. The van der Waals surface area contributed by atoms with Crippen LogP contribution in [0.1, 0.15) is 17.4 Å². The Morgan fingerprint density at radius 2 is 2.35 bits per heavy atom. The minimum atomic E-state index is 0.145. The molecule has 2 aromatic rings. The molecule has 17 heavy (non-hydrogen) atoms. The zero-order chi connectivity index (χ0) is 12.3. The first-order valence-corrected chi connectivity index (χ1v) is 6.49. The Morgan fingerprint density at radius 3 is 3.00 bits per heavy atom. The molecule has 1 aromatic heterocycles. The highest BCUT2D eigenvalue weighted by atomic mass is 79.9. The van der Waals surface area contributed by atoms with Crippen LogP contribution in [0.15, 0.2) is 35.1 Å². The topological polar surface area (TPSA) is 40.7 Å². The van der Waals surface area contributed by atoms with Crippen LogP contribution >= 0.6 is 27.5 Å². The van der Waals surface area contributed by atoms with E-state index in [1.54, 1.807) is 6.20 Å². The summed E-state index contributed by atoms with van der Waals surface area (Å²) in [7, 11) is 1.92. The number of nitrogens with zero attached hydrogens (tertiary/aromatic N) is 1. The average molecular weight is 315 g/mol. The van der Waals surface area contributed by atoms with Gasteiger partial charge in [0.2, 0.25) is 0 Å². The molecule has 5 heteroatoms. The number of hydrogen-bond acceptors (Lipinski definition) is 2. The van der Waals surface area contributed by atoms with Crippen molar-refractivity contribution < 1.29 is 0 Å². The molecular formula is C12H13BrClN3. The Labute approximate surface area is 114 Å². The average Bonchev–Trinajstić information content (AvgIpc) is 2.83. The molecule has 2 rings (SSSR count). The van der Waals surface area contributed by atoms with Crippen LogP contribution in [-0.2, 0) is 6.42 Å². The van der Waals surface area contributed by atoms with Gasteiger partial charge < -0.3 is 10.3 Å². The SMILES string of the molecule is CNC(Cc1ncc[nH]1)c1cccc(Br)c1Cl. The van der Waals surface area contributed by atoms with Crippen molar-refractivity contribution in [3.8, 4) is 0 Å². The van der Waals surface area contributed by atoms with E-state index in [1.165, 1.54) is 0 Å². The number of imidazole rings is 1. The van der Waals surface area contributed by atoms with E-state index in [2.05, 4.69) is 31.2 Å². The van der Waals surface area contributed by atoms with Gasteiger partial charge in [0, 0.05) is 29.3 Å². The number of halogens is 2. The fourth-order valence-corrected chi connectivity index (χ4v) is 2.40. The second kappa shape index (κ2) is 5.67. The van der Waals surface area contributed by atoms with Gasteiger partial charge in [0.05, 0.1) is 5.02 Å². The lowest BCUT2D eigenvalue weighted by Gasteiger charge is -2.17. The van der Waals surface area contributed by atoms with E-state index in [0.29, 0.717) is 0 Å². The predicted octanol–water partition coefficient (Wildman–Crippen LogP) is 3.33. The molecule has 0 saturated heterocycles. The molecule has 3 nitrogen and oxygen atoms in total. The summed E-state index contributed by atoms with van der Waals surface area (Å²) in [4.78, 5) is 7.33. The monoisotopic (exact) mass is 313 g/mol. The van der Waals surface area contributed by atoms with E-state index in [4.69, 9.17) is 11.6 Å². The molecule has 1 aromatic carbocycles. The largest absolute Gasteiger partial charge is 0.349 e. The second-order valence-corrected chi connectivity index (χ2v) is 4.96. The number of rotatable bonds is 4. The summed E-state index contributed by atoms with van der Waals surface area (Å²) in [6, 6.07) is 6.09. The van der Waals surface area contributed by atoms with E-state index in [1.807, 2.05) is 31.4 Å². The molecule has 1 heterocycles. The minimum absolute atomic E-state index is 0.145. The number of hydrogen-bond donors (Lipinski definition) is 2. The molecule has 0 aliphatic carbocycles. The van der Waals surface area contributed by atoms with Gasteiger partial charge in [-0.2, -0.15) is 0 Å². The summed E-state index contributed by atoms with van der Waals surface area (Å²) in [5.41, 5.74) is 1.07. The highest BCUT2D eigenvalue weighted by Crippen LogP contribution is 2.31. The second-order valence-electron chi connectivity index (χ2n) is 3.72. The zero-order valence-corrected chi connectivity index (χ0v) is 11.7. The first kappa shape index (κ1) is 12.6. The maximum absolute atomic E-state index is 6.29. The third-order valence-corrected chi connectivity index (χ3v) is 3.97. The molecule has 0 fully saturated rings. The highest BCUT2D eigenvalue weighted by molar-refractivity contribution is 9.10. The molecule has 0 saturated carbocycles. The first-order chi connectivity index (χ1) is 8.22. The van der Waals surface area contributed by atoms with Gasteiger partial charge in [-0.15, -0.1) is 0 Å². The van der Waals surface area contributed by atoms with Crippen LogP contribution in [0.5, 0.6) is 0 Å². The molecule has 2 N–H and O–H groups in total. The maximum Gasteiger partial charge on any atom is 0.107 e. The van der Waals surface area contributed by atoms with Crippen molar-refractivity contribution in [3.63, 3.8) is 0 Å². The Bertz CT molecular complexity index is 485. The first-order valence-electron chi connectivity index (χ1n) is 5.31. The summed E-state index contributed by atoms with van der Waals surface area (Å²) in [6.45, 7) is 0. The Balaban J connectivity index is 2.26. The highest BCUT2D eigenvalue weighted by Gasteiger charge is 2.15. The molecule has 0 aliphatic heterocycles. The molecule has 0 radical (unpaired) electrons. The summed E-state index contributed by atoms with van der Waals surface area (Å²) < 4.78 is 0.913. The van der Waals surface area contributed by atoms with Crippen molar-refractivity contribution in [2.24, 2.45) is 0 Å². The number of benzene rings is 1. The Morgan fingerprint density at radius 1 is 1.53 bits per heavy atom. The van der Waals surface area contributed by atoms with Crippen LogP contribution < -0.4 is 5.32 Å². The quantitative estimate of drug-likeness (QED) is 0.909. The van der Waals surface area contributed by atoms with Gasteiger partial charge in [0.1, 0.15) is 5.82 Å². The molecule has 0 spiro atoms. The maximum atomic E-state index is 6.29. The number of aromatic amines is 1. The van der Waals surface area contributed by atoms with Crippen LogP contribution in [0.25, 0.3) is 0 Å². The van der Waals surface area contributed by atoms with E-state index >= 15 is 0 Å². The van der Waals surface area contributed by atoms with Crippen molar-refractivity contribution in [2.75, 3.05) is 7.05 Å². The zero-order valence-electron chi connectivity index (χ0n) is 9.37. The van der Waals surface area contributed by atoms with Crippen LogP contribution in [0.3, 0.4) is 0 Å². The number of nitrogens with one attached hydrogen (secondary N) is 2. The molecule has 0 amide bonds. The smallest absolute Gasteiger partial charge is 0.107 e. The van der Waals surface area contributed by atoms with Gasteiger partial charge in [0.15, 0.2) is 0 Å². The van der Waals surface area contributed by atoms with Gasteiger partial charge in [-0.05, 0) is 34.6 Å². The predicted molar refractivity (Wildman–Crippen MR) is 73.2 cm³/mol. The number of H-pyrrole nitrogens is 1. The summed E-state index contributed by atoms with van der Waals surface area (Å²) >= 11 is 9.73. The molecule has 90 valence electrons. The van der Waals surface area contributed by atoms with Crippen molar-refractivity contribution in [3.05, 3.63) is 51.5 Å². The van der Waals surface area contributed by atoms with E-state index in [-0.39, 0.29) is 6.04 Å². The van der Waals surface area contributed by atoms with Crippen LogP contribution in [-0.4, -0.2) is 17.0 Å². The lowest BCUT2D eigenvalue weighted by molar-refractivity contribution is 0.578. The third kappa shape index (κ3) is 2.89. The van der Waals surface area contributed by atoms with Crippen molar-refractivity contribution in [2.45, 2.75) is 12.5 Å². The fourth-order valence-electron chi connectivity index (χ4n) is 1.76. The lowest BCUT2D eigenvalue weighted by atomic mass is 10.0. The molecule has 0 aliphatic rings. The van der Waals surface area contributed by atoms with Crippen molar-refractivity contribution in [1.29, 1.82) is 0 Å². The molecule has 1 atom stereocenters. The van der Waals surface area contributed by atoms with Gasteiger partial charge >= 0.3 is 0 Å². The van der Waals surface area contributed by atoms with Crippen molar-refractivity contribution >= 4 is 27.5 Å². The summed E-state index contributed by atoms with van der Waals surface area (Å²) in [6.07, 6.45) is 4.36. The Hall–Kier alpha value is -0.840. The summed E-state index contributed by atoms with van der Waals surface area (Å²) in [5.74, 6) is 0.945. The van der Waals surface area contributed by atoms with Crippen LogP contribution in [0.2, 0.25) is 5.02 Å².